The molecule has 2 aromatic heterocycles. The molecule has 21 heavy (non-hydrogen) atoms. The largest absolute Gasteiger partial charge is 0.313 e. The molecule has 2 heterocycles. The van der Waals surface area contributed by atoms with E-state index in [9.17, 15) is 0 Å². The van der Waals surface area contributed by atoms with Gasteiger partial charge in [-0.15, -0.1) is 10.2 Å². The summed E-state index contributed by atoms with van der Waals surface area (Å²) >= 11 is 1.63. The van der Waals surface area contributed by atoms with Crippen LogP contribution in [0.15, 0.2) is 58.7 Å². The van der Waals surface area contributed by atoms with Crippen LogP contribution in [0.1, 0.15) is 24.9 Å². The predicted octanol–water partition coefficient (Wildman–Crippen LogP) is 3.55. The Hall–Kier alpha value is -1.85. The van der Waals surface area contributed by atoms with Gasteiger partial charge >= 0.3 is 0 Å². The van der Waals surface area contributed by atoms with Crippen LogP contribution in [0.25, 0.3) is 5.65 Å². The highest BCUT2D eigenvalue weighted by molar-refractivity contribution is 7.99. The van der Waals surface area contributed by atoms with Gasteiger partial charge in [0.15, 0.2) is 10.8 Å². The third kappa shape index (κ3) is 2.94. The SMILES string of the molecule is CCC(NC)c1ccc(Sc2nnc3ccccn23)cc1. The molecule has 0 saturated heterocycles. The number of nitrogens with one attached hydrogen (secondary N) is 1. The summed E-state index contributed by atoms with van der Waals surface area (Å²) in [4.78, 5) is 1.17. The molecule has 3 aromatic rings. The zero-order valence-corrected chi connectivity index (χ0v) is 13.0. The Morgan fingerprint density at radius 1 is 1.14 bits per heavy atom. The predicted molar refractivity (Wildman–Crippen MR) is 85.6 cm³/mol. The molecular formula is C16H18N4S. The number of aromatic nitrogens is 3. The first kappa shape index (κ1) is 14.1. The zero-order chi connectivity index (χ0) is 14.7. The lowest BCUT2D eigenvalue weighted by molar-refractivity contribution is 0.576. The number of rotatable bonds is 5. The van der Waals surface area contributed by atoms with Crippen molar-refractivity contribution in [1.82, 2.24) is 19.9 Å². The van der Waals surface area contributed by atoms with Crippen molar-refractivity contribution >= 4 is 17.4 Å². The second kappa shape index (κ2) is 6.28. The van der Waals surface area contributed by atoms with Crippen molar-refractivity contribution in [2.24, 2.45) is 0 Å². The summed E-state index contributed by atoms with van der Waals surface area (Å²) in [6.07, 6.45) is 3.07. The molecule has 0 fully saturated rings. The molecule has 0 radical (unpaired) electrons. The van der Waals surface area contributed by atoms with E-state index < -0.39 is 0 Å². The summed E-state index contributed by atoms with van der Waals surface area (Å²) in [6.45, 7) is 2.19. The Labute approximate surface area is 128 Å². The first-order valence-corrected chi connectivity index (χ1v) is 7.88. The monoisotopic (exact) mass is 298 g/mol. The van der Waals surface area contributed by atoms with Gasteiger partial charge in [-0.05, 0) is 55.1 Å². The molecule has 0 aliphatic carbocycles. The fourth-order valence-electron chi connectivity index (χ4n) is 2.37. The van der Waals surface area contributed by atoms with E-state index in [1.165, 1.54) is 10.5 Å². The minimum Gasteiger partial charge on any atom is -0.313 e. The Kier molecular flexibility index (Phi) is 4.22. The van der Waals surface area contributed by atoms with Crippen molar-refractivity contribution in [2.45, 2.75) is 29.4 Å². The van der Waals surface area contributed by atoms with E-state index in [4.69, 9.17) is 0 Å². The van der Waals surface area contributed by atoms with Crippen LogP contribution >= 0.6 is 11.8 Å². The van der Waals surface area contributed by atoms with Gasteiger partial charge in [0, 0.05) is 17.1 Å². The molecule has 1 atom stereocenters. The van der Waals surface area contributed by atoms with Gasteiger partial charge in [-0.1, -0.05) is 25.1 Å². The average molecular weight is 298 g/mol. The van der Waals surface area contributed by atoms with Crippen LogP contribution in [-0.2, 0) is 0 Å². The van der Waals surface area contributed by atoms with Gasteiger partial charge < -0.3 is 5.32 Å². The number of pyridine rings is 1. The molecule has 0 amide bonds. The van der Waals surface area contributed by atoms with E-state index in [0.717, 1.165) is 17.2 Å². The van der Waals surface area contributed by atoms with Gasteiger partial charge in [0.05, 0.1) is 0 Å². The number of benzene rings is 1. The Balaban J connectivity index is 1.82. The van der Waals surface area contributed by atoms with E-state index >= 15 is 0 Å². The van der Waals surface area contributed by atoms with Crippen molar-refractivity contribution in [2.75, 3.05) is 7.05 Å². The lowest BCUT2D eigenvalue weighted by Gasteiger charge is -2.14. The molecule has 4 nitrogen and oxygen atoms in total. The quantitative estimate of drug-likeness (QED) is 0.782. The first-order chi connectivity index (χ1) is 10.3. The summed E-state index contributed by atoms with van der Waals surface area (Å²) in [5.74, 6) is 0. The molecule has 108 valence electrons. The van der Waals surface area contributed by atoms with Crippen LogP contribution in [0.5, 0.6) is 0 Å². The highest BCUT2D eigenvalue weighted by Gasteiger charge is 2.09. The molecule has 0 bridgehead atoms. The van der Waals surface area contributed by atoms with Gasteiger partial charge in [0.25, 0.3) is 0 Å². The van der Waals surface area contributed by atoms with Crippen LogP contribution in [0.3, 0.4) is 0 Å². The van der Waals surface area contributed by atoms with Gasteiger partial charge in [-0.3, -0.25) is 4.40 Å². The summed E-state index contributed by atoms with van der Waals surface area (Å²) in [5.41, 5.74) is 2.19. The van der Waals surface area contributed by atoms with Crippen molar-refractivity contribution in [3.63, 3.8) is 0 Å². The molecular weight excluding hydrogens is 280 g/mol. The van der Waals surface area contributed by atoms with Crippen LogP contribution in [0.4, 0.5) is 0 Å². The third-order valence-electron chi connectivity index (χ3n) is 3.53. The lowest BCUT2D eigenvalue weighted by Crippen LogP contribution is -2.14. The fourth-order valence-corrected chi connectivity index (χ4v) is 3.19. The van der Waals surface area contributed by atoms with Gasteiger partial charge in [0.1, 0.15) is 0 Å². The van der Waals surface area contributed by atoms with Gasteiger partial charge in [0.2, 0.25) is 0 Å². The molecule has 5 heteroatoms. The van der Waals surface area contributed by atoms with E-state index in [2.05, 4.69) is 46.7 Å². The highest BCUT2D eigenvalue weighted by Crippen LogP contribution is 2.28. The van der Waals surface area contributed by atoms with E-state index in [1.54, 1.807) is 11.8 Å². The number of fused-ring (bicyclic) bond motifs is 1. The Morgan fingerprint density at radius 3 is 2.67 bits per heavy atom. The first-order valence-electron chi connectivity index (χ1n) is 7.06. The minimum absolute atomic E-state index is 0.415. The van der Waals surface area contributed by atoms with Crippen LogP contribution in [-0.4, -0.2) is 21.6 Å². The zero-order valence-electron chi connectivity index (χ0n) is 12.2. The number of hydrogen-bond acceptors (Lipinski definition) is 4. The number of nitrogens with zero attached hydrogens (tertiary/aromatic N) is 3. The van der Waals surface area contributed by atoms with Gasteiger partial charge in [-0.2, -0.15) is 0 Å². The van der Waals surface area contributed by atoms with Crippen LogP contribution < -0.4 is 5.32 Å². The van der Waals surface area contributed by atoms with Crippen molar-refractivity contribution < 1.29 is 0 Å². The molecule has 0 aliphatic heterocycles. The van der Waals surface area contributed by atoms with Crippen LogP contribution in [0.2, 0.25) is 0 Å². The smallest absolute Gasteiger partial charge is 0.200 e. The summed E-state index contributed by atoms with van der Waals surface area (Å²) < 4.78 is 2.00. The average Bonchev–Trinajstić information content (AvgIpc) is 2.93. The highest BCUT2D eigenvalue weighted by atomic mass is 32.2. The second-order valence-electron chi connectivity index (χ2n) is 4.83. The minimum atomic E-state index is 0.415. The maximum absolute atomic E-state index is 4.24. The lowest BCUT2D eigenvalue weighted by atomic mass is 10.1. The van der Waals surface area contributed by atoms with Crippen molar-refractivity contribution in [3.05, 3.63) is 54.2 Å². The Morgan fingerprint density at radius 2 is 1.95 bits per heavy atom. The fraction of sp³-hybridized carbons (Fsp3) is 0.250. The summed E-state index contributed by atoms with van der Waals surface area (Å²) in [7, 11) is 2.00. The van der Waals surface area contributed by atoms with Crippen molar-refractivity contribution in [3.8, 4) is 0 Å². The molecule has 1 N–H and O–H groups in total. The normalized spacial score (nSPS) is 12.7. The maximum Gasteiger partial charge on any atom is 0.200 e. The molecule has 1 aromatic carbocycles. The molecule has 3 rings (SSSR count). The summed E-state index contributed by atoms with van der Waals surface area (Å²) in [6, 6.07) is 15.0. The molecule has 0 spiro atoms. The topological polar surface area (TPSA) is 42.2 Å². The van der Waals surface area contributed by atoms with E-state index in [1.807, 2.05) is 35.8 Å². The van der Waals surface area contributed by atoms with Gasteiger partial charge in [-0.25, -0.2) is 0 Å². The van der Waals surface area contributed by atoms with E-state index in [-0.39, 0.29) is 0 Å². The second-order valence-corrected chi connectivity index (χ2v) is 5.87. The standard InChI is InChI=1S/C16H18N4S/c1-3-14(17-2)12-7-9-13(10-8-12)21-16-19-18-15-6-4-5-11-20(15)16/h4-11,14,17H,3H2,1-2H3. The third-order valence-corrected chi connectivity index (χ3v) is 4.50. The van der Waals surface area contributed by atoms with E-state index in [0.29, 0.717) is 6.04 Å². The van der Waals surface area contributed by atoms with Crippen LogP contribution in [0, 0.1) is 0 Å². The maximum atomic E-state index is 4.24. The number of hydrogen-bond donors (Lipinski definition) is 1. The molecule has 1 unspecified atom stereocenters. The molecule has 0 aliphatic rings. The summed E-state index contributed by atoms with van der Waals surface area (Å²) in [5, 5.41) is 12.6. The molecule has 0 saturated carbocycles. The van der Waals surface area contributed by atoms with Crippen molar-refractivity contribution in [1.29, 1.82) is 0 Å². The Bertz CT molecular complexity index is 716.